The quantitative estimate of drug-likeness (QED) is 0.621. The number of nitrogen functional groups attached to an aromatic ring is 1. The van der Waals surface area contributed by atoms with Gasteiger partial charge in [-0.05, 0) is 13.8 Å². The number of imidazole rings is 1. The molecular formula is C8H12N5+. The molecule has 2 aromatic rings. The van der Waals surface area contributed by atoms with Gasteiger partial charge in [-0.25, -0.2) is 14.5 Å². The van der Waals surface area contributed by atoms with Gasteiger partial charge in [0.15, 0.2) is 5.82 Å². The van der Waals surface area contributed by atoms with Crippen LogP contribution in [-0.4, -0.2) is 15.0 Å². The van der Waals surface area contributed by atoms with E-state index in [1.54, 1.807) is 0 Å². The topological polar surface area (TPSA) is 71.5 Å². The molecule has 0 aliphatic heterocycles. The lowest BCUT2D eigenvalue weighted by Gasteiger charge is -2.00. The molecule has 5 nitrogen and oxygen atoms in total. The molecule has 0 bridgehead atoms. The highest BCUT2D eigenvalue weighted by Crippen LogP contribution is 2.11. The number of H-pyrrole nitrogens is 1. The van der Waals surface area contributed by atoms with E-state index in [0.29, 0.717) is 11.9 Å². The Morgan fingerprint density at radius 1 is 1.46 bits per heavy atom. The van der Waals surface area contributed by atoms with E-state index in [0.717, 1.165) is 11.2 Å². The van der Waals surface area contributed by atoms with Crippen LogP contribution in [0.25, 0.3) is 11.2 Å². The first-order valence-electron chi connectivity index (χ1n) is 4.19. The van der Waals surface area contributed by atoms with Gasteiger partial charge in [0.05, 0.1) is 6.04 Å². The molecule has 0 amide bonds. The maximum atomic E-state index is 5.75. The summed E-state index contributed by atoms with van der Waals surface area (Å²) in [5.41, 5.74) is 7.40. The second-order valence-corrected chi connectivity index (χ2v) is 3.23. The van der Waals surface area contributed by atoms with Crippen LogP contribution >= 0.6 is 0 Å². The second kappa shape index (κ2) is 2.69. The fourth-order valence-electron chi connectivity index (χ4n) is 1.36. The Kier molecular flexibility index (Phi) is 1.65. The van der Waals surface area contributed by atoms with Crippen molar-refractivity contribution in [2.75, 3.05) is 5.73 Å². The molecule has 0 unspecified atom stereocenters. The average molecular weight is 178 g/mol. The highest BCUT2D eigenvalue weighted by atomic mass is 15.1. The molecule has 2 rings (SSSR count). The number of hydrogen-bond donors (Lipinski definition) is 2. The van der Waals surface area contributed by atoms with Crippen LogP contribution in [0.5, 0.6) is 0 Å². The van der Waals surface area contributed by atoms with Crippen molar-refractivity contribution in [2.45, 2.75) is 19.9 Å². The van der Waals surface area contributed by atoms with Crippen molar-refractivity contribution in [1.29, 1.82) is 0 Å². The minimum absolute atomic E-state index is 0.349. The van der Waals surface area contributed by atoms with Gasteiger partial charge in [0.1, 0.15) is 6.33 Å². The largest absolute Gasteiger partial charge is 0.380 e. The summed E-state index contributed by atoms with van der Waals surface area (Å²) >= 11 is 0. The fourth-order valence-corrected chi connectivity index (χ4v) is 1.36. The third kappa shape index (κ3) is 1.12. The molecule has 0 spiro atoms. The van der Waals surface area contributed by atoms with Crippen LogP contribution < -0.4 is 10.3 Å². The summed E-state index contributed by atoms with van der Waals surface area (Å²) in [6, 6.07) is 0.349. The van der Waals surface area contributed by atoms with Gasteiger partial charge in [-0.1, -0.05) is 0 Å². The van der Waals surface area contributed by atoms with Gasteiger partial charge in [0.25, 0.3) is 5.65 Å². The van der Waals surface area contributed by atoms with Crippen LogP contribution in [-0.2, 0) is 0 Å². The van der Waals surface area contributed by atoms with Crippen molar-refractivity contribution < 1.29 is 4.57 Å². The molecule has 2 aromatic heterocycles. The average Bonchev–Trinajstić information content (AvgIpc) is 2.49. The predicted molar refractivity (Wildman–Crippen MR) is 48.9 cm³/mol. The van der Waals surface area contributed by atoms with Crippen LogP contribution in [0.15, 0.2) is 12.7 Å². The van der Waals surface area contributed by atoms with E-state index < -0.39 is 0 Å². The maximum absolute atomic E-state index is 5.75. The Bertz CT molecular complexity index is 431. The summed E-state index contributed by atoms with van der Waals surface area (Å²) in [5.74, 6) is 0.514. The third-order valence-corrected chi connectivity index (χ3v) is 2.01. The van der Waals surface area contributed by atoms with E-state index in [2.05, 4.69) is 28.8 Å². The number of rotatable bonds is 1. The van der Waals surface area contributed by atoms with Gasteiger partial charge in [0, 0.05) is 0 Å². The summed E-state index contributed by atoms with van der Waals surface area (Å²) in [7, 11) is 0. The lowest BCUT2D eigenvalue weighted by atomic mass is 10.3. The van der Waals surface area contributed by atoms with Gasteiger partial charge in [0.2, 0.25) is 11.8 Å². The number of nitrogens with zero attached hydrogens (tertiary/aromatic N) is 3. The number of nitrogens with two attached hydrogens (primary N) is 1. The van der Waals surface area contributed by atoms with Crippen LogP contribution in [0, 0.1) is 0 Å². The highest BCUT2D eigenvalue weighted by molar-refractivity contribution is 5.76. The monoisotopic (exact) mass is 178 g/mol. The van der Waals surface area contributed by atoms with Crippen LogP contribution in [0.3, 0.4) is 0 Å². The number of hydrogen-bond acceptors (Lipinski definition) is 3. The predicted octanol–water partition coefficient (Wildman–Crippen LogP) is 0.409. The molecule has 0 aliphatic carbocycles. The molecule has 0 saturated heterocycles. The zero-order valence-corrected chi connectivity index (χ0v) is 7.65. The highest BCUT2D eigenvalue weighted by Gasteiger charge is 2.16. The fraction of sp³-hybridized carbons (Fsp3) is 0.375. The molecule has 68 valence electrons. The van der Waals surface area contributed by atoms with E-state index >= 15 is 0 Å². The van der Waals surface area contributed by atoms with E-state index in [1.165, 1.54) is 6.33 Å². The van der Waals surface area contributed by atoms with Gasteiger partial charge in [-0.3, -0.25) is 0 Å². The summed E-state index contributed by atoms with van der Waals surface area (Å²) in [5, 5.41) is 0. The number of nitrogens with one attached hydrogen (secondary N) is 1. The summed E-state index contributed by atoms with van der Waals surface area (Å²) in [6.07, 6.45) is 3.32. The molecule has 0 aliphatic rings. The van der Waals surface area contributed by atoms with Gasteiger partial charge < -0.3 is 5.73 Å². The summed E-state index contributed by atoms with van der Waals surface area (Å²) in [6.45, 7) is 4.17. The standard InChI is InChI=1S/C8H11N5/c1-5(2)13-4-12-8-6(13)7(9)10-3-11-8/h3-5H,1-2H3,(H2,9,10,11)/p+1. The smallest absolute Gasteiger partial charge is 0.271 e. The second-order valence-electron chi connectivity index (χ2n) is 3.23. The normalized spacial score (nSPS) is 11.3. The zero-order chi connectivity index (χ0) is 9.42. The van der Waals surface area contributed by atoms with Gasteiger partial charge in [-0.2, -0.15) is 4.98 Å². The Morgan fingerprint density at radius 2 is 2.23 bits per heavy atom. The van der Waals surface area contributed by atoms with Crippen molar-refractivity contribution in [3.05, 3.63) is 12.7 Å². The number of fused-ring (bicyclic) bond motifs is 1. The van der Waals surface area contributed by atoms with Crippen LogP contribution in [0.1, 0.15) is 19.9 Å². The van der Waals surface area contributed by atoms with E-state index in [4.69, 9.17) is 5.73 Å². The first-order valence-corrected chi connectivity index (χ1v) is 4.19. The van der Waals surface area contributed by atoms with Crippen LogP contribution in [0.2, 0.25) is 0 Å². The Hall–Kier alpha value is -1.65. The molecule has 0 atom stereocenters. The third-order valence-electron chi connectivity index (χ3n) is 2.01. The lowest BCUT2D eigenvalue weighted by Crippen LogP contribution is -2.35. The molecular weight excluding hydrogens is 166 g/mol. The molecule has 3 N–H and O–H groups in total. The summed E-state index contributed by atoms with van der Waals surface area (Å²) < 4.78 is 2.02. The van der Waals surface area contributed by atoms with Crippen molar-refractivity contribution in [1.82, 2.24) is 15.0 Å². The molecule has 0 saturated carbocycles. The van der Waals surface area contributed by atoms with E-state index in [9.17, 15) is 0 Å². The molecule has 5 heteroatoms. The van der Waals surface area contributed by atoms with Gasteiger partial charge >= 0.3 is 0 Å². The molecule has 0 fully saturated rings. The van der Waals surface area contributed by atoms with Crippen molar-refractivity contribution in [3.8, 4) is 0 Å². The van der Waals surface area contributed by atoms with Crippen molar-refractivity contribution >= 4 is 17.0 Å². The summed E-state index contributed by atoms with van der Waals surface area (Å²) in [4.78, 5) is 11.1. The number of anilines is 1. The number of aromatic nitrogens is 4. The Balaban J connectivity index is 2.79. The first kappa shape index (κ1) is 7.97. The van der Waals surface area contributed by atoms with Crippen molar-refractivity contribution in [2.24, 2.45) is 0 Å². The SMILES string of the molecule is CC(C)[n+]1c[nH]c2ncnc(N)c21. The van der Waals surface area contributed by atoms with Crippen molar-refractivity contribution in [3.63, 3.8) is 0 Å². The molecule has 2 heterocycles. The van der Waals surface area contributed by atoms with Gasteiger partial charge in [-0.15, -0.1) is 0 Å². The minimum Gasteiger partial charge on any atom is -0.380 e. The molecule has 0 aromatic carbocycles. The maximum Gasteiger partial charge on any atom is 0.271 e. The Labute approximate surface area is 75.6 Å². The number of aromatic amines is 1. The van der Waals surface area contributed by atoms with E-state index in [1.807, 2.05) is 10.9 Å². The molecule has 0 radical (unpaired) electrons. The minimum atomic E-state index is 0.349. The zero-order valence-electron chi connectivity index (χ0n) is 7.65. The Morgan fingerprint density at radius 3 is 2.92 bits per heavy atom. The lowest BCUT2D eigenvalue weighted by molar-refractivity contribution is -0.690. The van der Waals surface area contributed by atoms with Crippen LogP contribution in [0.4, 0.5) is 5.82 Å². The molecule has 13 heavy (non-hydrogen) atoms. The first-order chi connectivity index (χ1) is 6.20. The van der Waals surface area contributed by atoms with E-state index in [-0.39, 0.29) is 0 Å².